The summed E-state index contributed by atoms with van der Waals surface area (Å²) in [4.78, 5) is 31.7. The first-order chi connectivity index (χ1) is 17.3. The van der Waals surface area contributed by atoms with Gasteiger partial charge in [-0.2, -0.15) is 0 Å². The van der Waals surface area contributed by atoms with E-state index in [1.165, 1.54) is 18.9 Å². The normalized spacial score (nSPS) is 16.4. The molecule has 0 saturated heterocycles. The quantitative estimate of drug-likeness (QED) is 0.418. The van der Waals surface area contributed by atoms with Gasteiger partial charge in [-0.05, 0) is 55.2 Å². The third-order valence-electron chi connectivity index (χ3n) is 5.32. The third kappa shape index (κ3) is 5.64. The number of halogens is 2. The van der Waals surface area contributed by atoms with Gasteiger partial charge in [0.15, 0.2) is 23.3 Å². The van der Waals surface area contributed by atoms with E-state index >= 15 is 0 Å². The highest BCUT2D eigenvalue weighted by molar-refractivity contribution is 8.16. The highest BCUT2D eigenvalue weighted by Gasteiger charge is 2.37. The maximum atomic E-state index is 12.8. The number of rotatable bonds is 8. The number of nitrogens with zero attached hydrogens (tertiary/aromatic N) is 2. The van der Waals surface area contributed by atoms with Gasteiger partial charge in [0.1, 0.15) is 0 Å². The summed E-state index contributed by atoms with van der Waals surface area (Å²) in [7, 11) is 1.51. The summed E-state index contributed by atoms with van der Waals surface area (Å²) in [6.07, 6.45) is 1.88. The number of hydrogen-bond acceptors (Lipinski definition) is 8. The number of hydrogen-bond donors (Lipinski definition) is 1. The molecule has 1 N–H and O–H groups in total. The van der Waals surface area contributed by atoms with E-state index in [-0.39, 0.29) is 13.2 Å². The van der Waals surface area contributed by atoms with Crippen molar-refractivity contribution in [2.75, 3.05) is 25.6 Å². The summed E-state index contributed by atoms with van der Waals surface area (Å²) < 4.78 is 16.6. The van der Waals surface area contributed by atoms with Crippen molar-refractivity contribution < 1.29 is 23.8 Å². The van der Waals surface area contributed by atoms with Crippen LogP contribution in [0.25, 0.3) is 0 Å². The van der Waals surface area contributed by atoms with Crippen LogP contribution in [0.4, 0.5) is 5.69 Å². The smallest absolute Gasteiger partial charge is 0.338 e. The molecule has 0 spiro atoms. The average Bonchev–Trinajstić information content (AvgIpc) is 3.29. The zero-order valence-corrected chi connectivity index (χ0v) is 22.0. The number of aliphatic imine (C=N–C) groups is 1. The molecule has 1 amide bonds. The van der Waals surface area contributed by atoms with E-state index in [1.807, 2.05) is 22.6 Å². The highest BCUT2D eigenvalue weighted by atomic mass is 35.5. The Morgan fingerprint density at radius 2 is 1.89 bits per heavy atom. The Morgan fingerprint density at radius 1 is 1.14 bits per heavy atom. The van der Waals surface area contributed by atoms with E-state index < -0.39 is 17.9 Å². The van der Waals surface area contributed by atoms with E-state index in [9.17, 15) is 9.59 Å². The minimum Gasteiger partial charge on any atom is -0.493 e. The van der Waals surface area contributed by atoms with Crippen molar-refractivity contribution in [3.05, 3.63) is 74.9 Å². The van der Waals surface area contributed by atoms with Crippen LogP contribution in [0.15, 0.2) is 64.3 Å². The van der Waals surface area contributed by atoms with Crippen LogP contribution in [-0.4, -0.2) is 42.3 Å². The maximum Gasteiger partial charge on any atom is 0.338 e. The van der Waals surface area contributed by atoms with Gasteiger partial charge >= 0.3 is 5.97 Å². The molecule has 0 bridgehead atoms. The zero-order chi connectivity index (χ0) is 25.8. The fourth-order valence-corrected chi connectivity index (χ4v) is 5.16. The fourth-order valence-electron chi connectivity index (χ4n) is 3.84. The molecule has 0 unspecified atom stereocenters. The predicted molar refractivity (Wildman–Crippen MR) is 142 cm³/mol. The number of allylic oxidation sites excluding steroid dienone is 1. The van der Waals surface area contributed by atoms with Crippen molar-refractivity contribution >= 4 is 57.7 Å². The van der Waals surface area contributed by atoms with Gasteiger partial charge in [-0.15, -0.1) is 0 Å². The number of anilines is 1. The molecule has 0 saturated carbocycles. The van der Waals surface area contributed by atoms with Crippen molar-refractivity contribution in [3.8, 4) is 11.5 Å². The number of thioether (sulfide) groups is 1. The minimum atomic E-state index is -0.457. The van der Waals surface area contributed by atoms with Crippen LogP contribution in [-0.2, 0) is 14.3 Å². The van der Waals surface area contributed by atoms with Gasteiger partial charge < -0.3 is 24.4 Å². The Labute approximate surface area is 222 Å². The molecule has 0 radical (unpaired) electrons. The average molecular weight is 548 g/mol. The van der Waals surface area contributed by atoms with Gasteiger partial charge in [0.2, 0.25) is 0 Å². The minimum absolute atomic E-state index is 0.253. The maximum absolute atomic E-state index is 12.8. The molecule has 36 heavy (non-hydrogen) atoms. The molecule has 0 aliphatic carbocycles. The number of esters is 1. The molecule has 2 aliphatic rings. The number of nitrogens with one attached hydrogen (secondary N) is 1. The zero-order valence-electron chi connectivity index (χ0n) is 19.7. The number of ether oxygens (including phenoxy) is 3. The first kappa shape index (κ1) is 25.9. The number of fused-ring (bicyclic) bond motifs is 1. The SMILES string of the molecule is CCOC(=O)C1=C(C)N=C2SC=CN2[C@@H]1c1ccc(OCC(=O)Nc2cc(Cl)cc(Cl)c2)c(OC)c1. The van der Waals surface area contributed by atoms with Crippen molar-refractivity contribution in [3.63, 3.8) is 0 Å². The number of amidine groups is 1. The molecule has 2 aromatic carbocycles. The highest BCUT2D eigenvalue weighted by Crippen LogP contribution is 2.43. The van der Waals surface area contributed by atoms with Crippen LogP contribution in [0.5, 0.6) is 11.5 Å². The second-order valence-electron chi connectivity index (χ2n) is 7.73. The van der Waals surface area contributed by atoms with Crippen LogP contribution < -0.4 is 14.8 Å². The summed E-state index contributed by atoms with van der Waals surface area (Å²) in [6.45, 7) is 3.54. The summed E-state index contributed by atoms with van der Waals surface area (Å²) in [5, 5.41) is 6.18. The lowest BCUT2D eigenvalue weighted by Gasteiger charge is -2.33. The van der Waals surface area contributed by atoms with Gasteiger partial charge in [-0.3, -0.25) is 4.79 Å². The largest absolute Gasteiger partial charge is 0.493 e. The fraction of sp³-hybridized carbons (Fsp3) is 0.240. The van der Waals surface area contributed by atoms with Gasteiger partial charge in [0, 0.05) is 21.9 Å². The lowest BCUT2D eigenvalue weighted by atomic mass is 9.94. The first-order valence-electron chi connectivity index (χ1n) is 11.0. The Kier molecular flexibility index (Phi) is 8.13. The Bertz CT molecular complexity index is 1270. The van der Waals surface area contributed by atoms with E-state index in [1.54, 1.807) is 44.2 Å². The van der Waals surface area contributed by atoms with Crippen molar-refractivity contribution in [1.29, 1.82) is 0 Å². The van der Waals surface area contributed by atoms with Gasteiger partial charge in [0.25, 0.3) is 5.91 Å². The van der Waals surface area contributed by atoms with Crippen LogP contribution in [0, 0.1) is 0 Å². The summed E-state index contributed by atoms with van der Waals surface area (Å²) in [5.41, 5.74) is 2.28. The molecule has 2 aromatic rings. The third-order valence-corrected chi connectivity index (χ3v) is 6.53. The van der Waals surface area contributed by atoms with Crippen LogP contribution in [0.2, 0.25) is 10.0 Å². The molecular weight excluding hydrogens is 525 g/mol. The molecule has 0 aromatic heterocycles. The van der Waals surface area contributed by atoms with Crippen molar-refractivity contribution in [1.82, 2.24) is 4.90 Å². The lowest BCUT2D eigenvalue weighted by Crippen LogP contribution is -2.34. The summed E-state index contributed by atoms with van der Waals surface area (Å²) in [6, 6.07) is 9.60. The lowest BCUT2D eigenvalue weighted by molar-refractivity contribution is -0.139. The van der Waals surface area contributed by atoms with Gasteiger partial charge in [0.05, 0.1) is 31.0 Å². The number of amides is 1. The molecule has 2 aliphatic heterocycles. The van der Waals surface area contributed by atoms with Gasteiger partial charge in [-0.25, -0.2) is 9.79 Å². The predicted octanol–water partition coefficient (Wildman–Crippen LogP) is 5.79. The van der Waals surface area contributed by atoms with Crippen molar-refractivity contribution in [2.45, 2.75) is 19.9 Å². The van der Waals surface area contributed by atoms with Crippen LogP contribution in [0.1, 0.15) is 25.5 Å². The molecular formula is C25H23Cl2N3O5S. The first-order valence-corrected chi connectivity index (χ1v) is 12.6. The van der Waals surface area contributed by atoms with E-state index in [2.05, 4.69) is 10.3 Å². The molecule has 11 heteroatoms. The second kappa shape index (κ2) is 11.3. The summed E-state index contributed by atoms with van der Waals surface area (Å²) in [5.74, 6) is -0.0398. The molecule has 1 atom stereocenters. The number of benzene rings is 2. The summed E-state index contributed by atoms with van der Waals surface area (Å²) >= 11 is 13.4. The molecule has 188 valence electrons. The Hall–Kier alpha value is -3.14. The Morgan fingerprint density at radius 3 is 2.58 bits per heavy atom. The van der Waals surface area contributed by atoms with Crippen molar-refractivity contribution in [2.24, 2.45) is 4.99 Å². The van der Waals surface area contributed by atoms with Crippen LogP contribution >= 0.6 is 35.0 Å². The number of carbonyl (C=O) groups excluding carboxylic acids is 2. The van der Waals surface area contributed by atoms with E-state index in [0.29, 0.717) is 38.5 Å². The monoisotopic (exact) mass is 547 g/mol. The molecule has 2 heterocycles. The van der Waals surface area contributed by atoms with E-state index in [0.717, 1.165) is 10.7 Å². The second-order valence-corrected chi connectivity index (χ2v) is 9.48. The van der Waals surface area contributed by atoms with Crippen LogP contribution in [0.3, 0.4) is 0 Å². The number of carbonyl (C=O) groups is 2. The molecule has 0 fully saturated rings. The van der Waals surface area contributed by atoms with E-state index in [4.69, 9.17) is 37.4 Å². The topological polar surface area (TPSA) is 89.5 Å². The molecule has 8 nitrogen and oxygen atoms in total. The number of methoxy groups -OCH3 is 1. The van der Waals surface area contributed by atoms with Gasteiger partial charge in [-0.1, -0.05) is 41.0 Å². The molecule has 4 rings (SSSR count). The standard InChI is InChI=1S/C25H23Cl2N3O5S/c1-4-34-24(32)22-14(2)28-25-30(7-8-36-25)23(22)15-5-6-19(20(9-15)33-3)35-13-21(31)29-18-11-16(26)10-17(27)12-18/h5-12,23H,4,13H2,1-3H3,(H,29,31)/t23-/m1/s1. The Balaban J connectivity index is 1.55.